The van der Waals surface area contributed by atoms with Crippen molar-refractivity contribution < 1.29 is 4.79 Å². The summed E-state index contributed by atoms with van der Waals surface area (Å²) in [7, 11) is 0. The summed E-state index contributed by atoms with van der Waals surface area (Å²) in [6.45, 7) is 3.02. The highest BCUT2D eigenvalue weighted by Crippen LogP contribution is 2.31. The van der Waals surface area contributed by atoms with Crippen LogP contribution in [0.4, 0.5) is 4.79 Å². The van der Waals surface area contributed by atoms with Crippen molar-refractivity contribution in [1.82, 2.24) is 10.2 Å². The predicted octanol–water partition coefficient (Wildman–Crippen LogP) is 4.95. The number of carbonyl (C=O) groups is 1. The van der Waals surface area contributed by atoms with E-state index in [4.69, 9.17) is 0 Å². The van der Waals surface area contributed by atoms with Crippen LogP contribution in [0.3, 0.4) is 0 Å². The normalized spacial score (nSPS) is 23.3. The summed E-state index contributed by atoms with van der Waals surface area (Å²) in [5, 5.41) is 3.32. The SMILES string of the molecule is Cc1cccc([C@H]2CCCCCN2C(=O)NC2CCCCC2)c1. The number of amides is 2. The fraction of sp³-hybridized carbons (Fsp3) is 0.650. The maximum atomic E-state index is 12.9. The van der Waals surface area contributed by atoms with Gasteiger partial charge in [-0.15, -0.1) is 0 Å². The lowest BCUT2D eigenvalue weighted by atomic mass is 9.95. The number of nitrogens with zero attached hydrogens (tertiary/aromatic N) is 1. The Kier molecular flexibility index (Phi) is 5.58. The first-order valence-corrected chi connectivity index (χ1v) is 9.38. The minimum Gasteiger partial charge on any atom is -0.335 e. The van der Waals surface area contributed by atoms with Crippen LogP contribution in [0.5, 0.6) is 0 Å². The van der Waals surface area contributed by atoms with E-state index in [0.717, 1.165) is 32.2 Å². The molecule has 0 radical (unpaired) electrons. The molecular formula is C20H30N2O. The standard InChI is InChI=1S/C20H30N2O/c1-16-9-8-10-17(15-16)19-13-6-3-7-14-22(19)20(23)21-18-11-4-2-5-12-18/h8-10,15,18-19H,2-7,11-14H2,1H3,(H,21,23)/t19-/m1/s1. The summed E-state index contributed by atoms with van der Waals surface area (Å²) in [5.41, 5.74) is 2.57. The van der Waals surface area contributed by atoms with Gasteiger partial charge in [0.2, 0.25) is 0 Å². The fourth-order valence-electron chi connectivity index (χ4n) is 4.08. The molecule has 0 aromatic heterocycles. The molecule has 126 valence electrons. The molecule has 0 spiro atoms. The van der Waals surface area contributed by atoms with Crippen LogP contribution in [0.2, 0.25) is 0 Å². The zero-order chi connectivity index (χ0) is 16.1. The molecule has 1 aliphatic heterocycles. The zero-order valence-corrected chi connectivity index (χ0v) is 14.4. The van der Waals surface area contributed by atoms with E-state index < -0.39 is 0 Å². The predicted molar refractivity (Wildman–Crippen MR) is 94.5 cm³/mol. The second-order valence-electron chi connectivity index (χ2n) is 7.26. The van der Waals surface area contributed by atoms with Crippen molar-refractivity contribution in [2.45, 2.75) is 76.8 Å². The van der Waals surface area contributed by atoms with Gasteiger partial charge in [0, 0.05) is 12.6 Å². The Hall–Kier alpha value is -1.51. The zero-order valence-electron chi connectivity index (χ0n) is 14.4. The quantitative estimate of drug-likeness (QED) is 0.822. The monoisotopic (exact) mass is 314 g/mol. The number of hydrogen-bond acceptors (Lipinski definition) is 1. The highest BCUT2D eigenvalue weighted by molar-refractivity contribution is 5.75. The van der Waals surface area contributed by atoms with Gasteiger partial charge in [-0.2, -0.15) is 0 Å². The third-order valence-corrected chi connectivity index (χ3v) is 5.37. The van der Waals surface area contributed by atoms with E-state index >= 15 is 0 Å². The maximum Gasteiger partial charge on any atom is 0.318 e. The van der Waals surface area contributed by atoms with Crippen LogP contribution in [-0.4, -0.2) is 23.5 Å². The lowest BCUT2D eigenvalue weighted by molar-refractivity contribution is 0.169. The van der Waals surface area contributed by atoms with Gasteiger partial charge in [0.15, 0.2) is 0 Å². The van der Waals surface area contributed by atoms with E-state index in [0.29, 0.717) is 6.04 Å². The third-order valence-electron chi connectivity index (χ3n) is 5.37. The second-order valence-corrected chi connectivity index (χ2v) is 7.26. The number of urea groups is 1. The number of rotatable bonds is 2. The van der Waals surface area contributed by atoms with Crippen LogP contribution in [0, 0.1) is 6.92 Å². The summed E-state index contributed by atoms with van der Waals surface area (Å²) in [6.07, 6.45) is 10.8. The fourth-order valence-corrected chi connectivity index (χ4v) is 4.08. The minimum atomic E-state index is 0.158. The number of nitrogens with one attached hydrogen (secondary N) is 1. The average molecular weight is 314 g/mol. The molecule has 0 unspecified atom stereocenters. The van der Waals surface area contributed by atoms with Crippen LogP contribution < -0.4 is 5.32 Å². The molecule has 1 aromatic carbocycles. The molecule has 1 heterocycles. The Labute approximate surface area is 140 Å². The Balaban J connectivity index is 1.73. The first-order valence-electron chi connectivity index (χ1n) is 9.38. The molecule has 2 amide bonds. The van der Waals surface area contributed by atoms with Crippen molar-refractivity contribution in [3.8, 4) is 0 Å². The Morgan fingerprint density at radius 3 is 2.57 bits per heavy atom. The molecule has 2 fully saturated rings. The summed E-state index contributed by atoms with van der Waals surface area (Å²) >= 11 is 0. The van der Waals surface area contributed by atoms with Crippen LogP contribution in [-0.2, 0) is 0 Å². The molecule has 1 aliphatic carbocycles. The van der Waals surface area contributed by atoms with Crippen molar-refractivity contribution in [2.75, 3.05) is 6.54 Å². The lowest BCUT2D eigenvalue weighted by Gasteiger charge is -2.33. The molecule has 2 aliphatic rings. The van der Waals surface area contributed by atoms with Crippen LogP contribution in [0.1, 0.15) is 75.0 Å². The van der Waals surface area contributed by atoms with Crippen LogP contribution in [0.15, 0.2) is 24.3 Å². The van der Waals surface area contributed by atoms with E-state index in [1.54, 1.807) is 0 Å². The summed E-state index contributed by atoms with van der Waals surface area (Å²) < 4.78 is 0. The van der Waals surface area contributed by atoms with Crippen molar-refractivity contribution >= 4 is 6.03 Å². The molecular weight excluding hydrogens is 284 g/mol. The van der Waals surface area contributed by atoms with E-state index in [1.807, 2.05) is 0 Å². The Morgan fingerprint density at radius 1 is 1.04 bits per heavy atom. The highest BCUT2D eigenvalue weighted by atomic mass is 16.2. The number of hydrogen-bond donors (Lipinski definition) is 1. The summed E-state index contributed by atoms with van der Waals surface area (Å²) in [4.78, 5) is 15.0. The first-order chi connectivity index (χ1) is 11.2. The number of likely N-dealkylation sites (tertiary alicyclic amines) is 1. The topological polar surface area (TPSA) is 32.3 Å². The highest BCUT2D eigenvalue weighted by Gasteiger charge is 2.28. The Bertz CT molecular complexity index is 522. The molecule has 3 heteroatoms. The average Bonchev–Trinajstić information content (AvgIpc) is 2.82. The largest absolute Gasteiger partial charge is 0.335 e. The van der Waals surface area contributed by atoms with Gasteiger partial charge < -0.3 is 10.2 Å². The van der Waals surface area contributed by atoms with Crippen molar-refractivity contribution in [2.24, 2.45) is 0 Å². The molecule has 0 bridgehead atoms. The molecule has 3 nitrogen and oxygen atoms in total. The Morgan fingerprint density at radius 2 is 1.78 bits per heavy atom. The van der Waals surface area contributed by atoms with E-state index in [2.05, 4.69) is 41.4 Å². The molecule has 3 rings (SSSR count). The van der Waals surface area contributed by atoms with E-state index in [9.17, 15) is 4.79 Å². The summed E-state index contributed by atoms with van der Waals surface area (Å²) in [5.74, 6) is 0. The van der Waals surface area contributed by atoms with Crippen molar-refractivity contribution in [1.29, 1.82) is 0 Å². The van der Waals surface area contributed by atoms with Gasteiger partial charge in [0.25, 0.3) is 0 Å². The van der Waals surface area contributed by atoms with Gasteiger partial charge >= 0.3 is 6.03 Å². The molecule has 23 heavy (non-hydrogen) atoms. The first kappa shape index (κ1) is 16.4. The van der Waals surface area contributed by atoms with Crippen LogP contribution in [0.25, 0.3) is 0 Å². The molecule has 1 aromatic rings. The second kappa shape index (κ2) is 7.85. The van der Waals surface area contributed by atoms with E-state index in [1.165, 1.54) is 43.2 Å². The molecule has 1 saturated carbocycles. The van der Waals surface area contributed by atoms with Gasteiger partial charge in [-0.3, -0.25) is 0 Å². The molecule has 1 atom stereocenters. The third kappa shape index (κ3) is 4.27. The van der Waals surface area contributed by atoms with Gasteiger partial charge in [0.05, 0.1) is 6.04 Å². The number of aryl methyl sites for hydroxylation is 1. The van der Waals surface area contributed by atoms with E-state index in [-0.39, 0.29) is 12.1 Å². The summed E-state index contributed by atoms with van der Waals surface area (Å²) in [6, 6.07) is 9.46. The number of carbonyl (C=O) groups excluding carboxylic acids is 1. The molecule has 1 saturated heterocycles. The number of benzene rings is 1. The van der Waals surface area contributed by atoms with Gasteiger partial charge in [-0.25, -0.2) is 4.79 Å². The van der Waals surface area contributed by atoms with Crippen molar-refractivity contribution in [3.05, 3.63) is 35.4 Å². The smallest absolute Gasteiger partial charge is 0.318 e. The van der Waals surface area contributed by atoms with Crippen molar-refractivity contribution in [3.63, 3.8) is 0 Å². The maximum absolute atomic E-state index is 12.9. The van der Waals surface area contributed by atoms with Gasteiger partial charge in [0.1, 0.15) is 0 Å². The lowest BCUT2D eigenvalue weighted by Crippen LogP contribution is -2.46. The van der Waals surface area contributed by atoms with Gasteiger partial charge in [-0.1, -0.05) is 61.9 Å². The van der Waals surface area contributed by atoms with Gasteiger partial charge in [-0.05, 0) is 38.2 Å². The van der Waals surface area contributed by atoms with Crippen LogP contribution >= 0.6 is 0 Å². The minimum absolute atomic E-state index is 0.158. The molecule has 1 N–H and O–H groups in total.